The Morgan fingerprint density at radius 1 is 0.774 bits per heavy atom. The van der Waals surface area contributed by atoms with E-state index in [0.717, 1.165) is 22.3 Å². The van der Waals surface area contributed by atoms with Crippen molar-refractivity contribution in [3.63, 3.8) is 0 Å². The Kier molecular flexibility index (Phi) is 13.3. The number of carboxylic acids is 1. The summed E-state index contributed by atoms with van der Waals surface area (Å²) in [7, 11) is 0. The van der Waals surface area contributed by atoms with Gasteiger partial charge in [-0.1, -0.05) is 48.5 Å². The summed E-state index contributed by atoms with van der Waals surface area (Å²) in [5, 5.41) is 87.1. The van der Waals surface area contributed by atoms with E-state index in [4.69, 9.17) is 18.9 Å². The number of aliphatic hydroxyl groups is 7. The molecule has 2 aromatic carbocycles. The number of carbonyl (C=O) groups excluding carboxylic acids is 3. The summed E-state index contributed by atoms with van der Waals surface area (Å²) < 4.78 is 21.7. The van der Waals surface area contributed by atoms with Crippen LogP contribution >= 0.6 is 0 Å². The SMILES string of the molecule is O=C(O)CC[C@H](NC(=O)OCC1c2ccccc2-c2ccccc21)C(=O)NCC(=O)N[C@@H]1O[C@H](CO)[C@@H](O[C@@H]2O[C@H](CO)[C@H](O)[C@H](O)[C@H]2O)[C@H](O)[C@H]1O. The van der Waals surface area contributed by atoms with Crippen LogP contribution in [0.25, 0.3) is 11.1 Å². The number of benzene rings is 2. The van der Waals surface area contributed by atoms with Gasteiger partial charge in [0.05, 0.1) is 19.8 Å². The Morgan fingerprint density at radius 3 is 2.00 bits per heavy atom. The quantitative estimate of drug-likeness (QED) is 0.0898. The van der Waals surface area contributed by atoms with Crippen LogP contribution in [0.15, 0.2) is 48.5 Å². The molecule has 0 bridgehead atoms. The largest absolute Gasteiger partial charge is 0.481 e. The van der Waals surface area contributed by atoms with Crippen molar-refractivity contribution in [1.82, 2.24) is 16.0 Å². The molecule has 2 aromatic rings. The standard InChI is InChI=1S/C34H43N3O16/c38-12-21-25(43)26(44)29(47)33(52-21)53-30-22(13-39)51-32(28(46)27(30)45)37-23(40)11-35-31(48)20(9-10-24(41)42)36-34(49)50-14-19-17-7-3-1-5-15(17)16-6-2-4-8-18(16)19/h1-8,19-22,25-30,32-33,38-39,43-47H,9-14H2,(H,35,48)(H,36,49)(H,37,40)(H,41,42)/t20-,21+,22+,25-,26-,27+,28+,29+,30+,32+,33-/m0/s1. The van der Waals surface area contributed by atoms with Gasteiger partial charge in [-0.2, -0.15) is 0 Å². The van der Waals surface area contributed by atoms with Gasteiger partial charge in [-0.05, 0) is 28.7 Å². The third-order valence-corrected chi connectivity index (χ3v) is 9.33. The van der Waals surface area contributed by atoms with Crippen LogP contribution in [0.1, 0.15) is 29.9 Å². The maximum atomic E-state index is 13.0. The van der Waals surface area contributed by atoms with Gasteiger partial charge in [-0.15, -0.1) is 0 Å². The molecule has 0 saturated carbocycles. The molecule has 2 saturated heterocycles. The minimum absolute atomic E-state index is 0.0750. The zero-order chi connectivity index (χ0) is 38.4. The number of amides is 3. The van der Waals surface area contributed by atoms with Crippen LogP contribution in [0.5, 0.6) is 0 Å². The molecule has 2 aliphatic heterocycles. The van der Waals surface area contributed by atoms with Gasteiger partial charge in [-0.25, -0.2) is 4.79 Å². The summed E-state index contributed by atoms with van der Waals surface area (Å²) in [6.45, 7) is -2.45. The second kappa shape index (κ2) is 17.7. The molecule has 3 amide bonds. The lowest BCUT2D eigenvalue weighted by molar-refractivity contribution is -0.343. The monoisotopic (exact) mass is 749 g/mol. The van der Waals surface area contributed by atoms with Crippen LogP contribution in [-0.4, -0.2) is 158 Å². The fraction of sp³-hybridized carbons (Fsp3) is 0.529. The molecule has 2 fully saturated rings. The van der Waals surface area contributed by atoms with Crippen molar-refractivity contribution in [2.45, 2.75) is 86.2 Å². The van der Waals surface area contributed by atoms with Crippen LogP contribution in [-0.2, 0) is 33.3 Å². The first-order chi connectivity index (χ1) is 25.3. The molecule has 11 atom stereocenters. The molecule has 290 valence electrons. The molecular formula is C34H43N3O16. The third kappa shape index (κ3) is 9.10. The molecule has 5 rings (SSSR count). The predicted molar refractivity (Wildman–Crippen MR) is 176 cm³/mol. The summed E-state index contributed by atoms with van der Waals surface area (Å²) >= 11 is 0. The first-order valence-electron chi connectivity index (χ1n) is 16.8. The number of aliphatic hydroxyl groups excluding tert-OH is 7. The number of hydrogen-bond acceptors (Lipinski definition) is 15. The summed E-state index contributed by atoms with van der Waals surface area (Å²) in [6, 6.07) is 13.9. The van der Waals surface area contributed by atoms with Gasteiger partial charge in [0, 0.05) is 12.3 Å². The molecule has 0 radical (unpaired) electrons. The molecule has 0 aromatic heterocycles. The fourth-order valence-corrected chi connectivity index (χ4v) is 6.53. The van der Waals surface area contributed by atoms with E-state index >= 15 is 0 Å². The van der Waals surface area contributed by atoms with E-state index in [9.17, 15) is 60.0 Å². The lowest BCUT2D eigenvalue weighted by Crippen LogP contribution is -2.67. The number of nitrogens with one attached hydrogen (secondary N) is 3. The van der Waals surface area contributed by atoms with Gasteiger partial charge in [-0.3, -0.25) is 14.4 Å². The zero-order valence-corrected chi connectivity index (χ0v) is 28.1. The average molecular weight is 750 g/mol. The van der Waals surface area contributed by atoms with E-state index < -0.39 is 117 Å². The van der Waals surface area contributed by atoms with Crippen LogP contribution in [0.2, 0.25) is 0 Å². The minimum atomic E-state index is -1.91. The number of carbonyl (C=O) groups is 4. The molecule has 3 aliphatic rings. The number of aliphatic carboxylic acids is 1. The van der Waals surface area contributed by atoms with Crippen molar-refractivity contribution in [2.24, 2.45) is 0 Å². The van der Waals surface area contributed by atoms with Gasteiger partial charge in [0.25, 0.3) is 0 Å². The summed E-state index contributed by atoms with van der Waals surface area (Å²) in [5.74, 6) is -3.41. The molecule has 11 N–H and O–H groups in total. The normalized spacial score (nSPS) is 30.0. The molecular weight excluding hydrogens is 706 g/mol. The molecule has 0 unspecified atom stereocenters. The Morgan fingerprint density at radius 2 is 1.40 bits per heavy atom. The van der Waals surface area contributed by atoms with Crippen LogP contribution < -0.4 is 16.0 Å². The van der Waals surface area contributed by atoms with Gasteiger partial charge in [0.2, 0.25) is 11.8 Å². The second-order valence-corrected chi connectivity index (χ2v) is 12.8. The first kappa shape index (κ1) is 39.9. The highest BCUT2D eigenvalue weighted by molar-refractivity contribution is 5.90. The molecule has 19 heteroatoms. The smallest absolute Gasteiger partial charge is 0.407 e. The van der Waals surface area contributed by atoms with E-state index in [2.05, 4.69) is 16.0 Å². The Balaban J connectivity index is 1.14. The lowest BCUT2D eigenvalue weighted by Gasteiger charge is -2.46. The van der Waals surface area contributed by atoms with E-state index in [-0.39, 0.29) is 18.9 Å². The lowest BCUT2D eigenvalue weighted by atomic mass is 9.96. The van der Waals surface area contributed by atoms with Crippen molar-refractivity contribution in [2.75, 3.05) is 26.4 Å². The minimum Gasteiger partial charge on any atom is -0.481 e. The number of rotatable bonds is 14. The Hall–Kier alpha value is -4.28. The summed E-state index contributed by atoms with van der Waals surface area (Å²) in [6.07, 6.45) is -18.9. The summed E-state index contributed by atoms with van der Waals surface area (Å²) in [4.78, 5) is 49.9. The van der Waals surface area contributed by atoms with Gasteiger partial charge >= 0.3 is 12.1 Å². The molecule has 53 heavy (non-hydrogen) atoms. The van der Waals surface area contributed by atoms with Crippen molar-refractivity contribution >= 4 is 23.9 Å². The Bertz CT molecular complexity index is 1560. The van der Waals surface area contributed by atoms with Crippen LogP contribution in [0.3, 0.4) is 0 Å². The fourth-order valence-electron chi connectivity index (χ4n) is 6.53. The van der Waals surface area contributed by atoms with E-state index in [1.54, 1.807) is 0 Å². The maximum Gasteiger partial charge on any atom is 0.407 e. The van der Waals surface area contributed by atoms with Crippen molar-refractivity contribution in [1.29, 1.82) is 0 Å². The van der Waals surface area contributed by atoms with E-state index in [1.165, 1.54) is 0 Å². The number of alkyl carbamates (subject to hydrolysis) is 1. The first-order valence-corrected chi connectivity index (χ1v) is 16.8. The number of hydrogen-bond donors (Lipinski definition) is 11. The highest BCUT2D eigenvalue weighted by Gasteiger charge is 2.50. The number of fused-ring (bicyclic) bond motifs is 3. The van der Waals surface area contributed by atoms with Crippen molar-refractivity contribution in [3.05, 3.63) is 59.7 Å². The molecule has 2 heterocycles. The third-order valence-electron chi connectivity index (χ3n) is 9.33. The highest BCUT2D eigenvalue weighted by Crippen LogP contribution is 2.44. The maximum absolute atomic E-state index is 13.0. The van der Waals surface area contributed by atoms with Gasteiger partial charge in [0.1, 0.15) is 61.5 Å². The Labute approximate surface area is 302 Å². The highest BCUT2D eigenvalue weighted by atomic mass is 16.7. The second-order valence-electron chi connectivity index (χ2n) is 12.8. The van der Waals surface area contributed by atoms with E-state index in [0.29, 0.717) is 0 Å². The van der Waals surface area contributed by atoms with Crippen LogP contribution in [0, 0.1) is 0 Å². The number of ether oxygens (including phenoxy) is 4. The van der Waals surface area contributed by atoms with Crippen LogP contribution in [0.4, 0.5) is 4.79 Å². The average Bonchev–Trinajstić information content (AvgIpc) is 3.47. The van der Waals surface area contributed by atoms with Crippen molar-refractivity contribution in [3.8, 4) is 11.1 Å². The van der Waals surface area contributed by atoms with E-state index in [1.807, 2.05) is 48.5 Å². The van der Waals surface area contributed by atoms with Gasteiger partial charge in [0.15, 0.2) is 12.5 Å². The topological polar surface area (TPSA) is 303 Å². The summed E-state index contributed by atoms with van der Waals surface area (Å²) in [5.41, 5.74) is 3.91. The zero-order valence-electron chi connectivity index (χ0n) is 28.1. The van der Waals surface area contributed by atoms with Crippen molar-refractivity contribution < 1.29 is 79.0 Å². The van der Waals surface area contributed by atoms with Gasteiger partial charge < -0.3 is 75.8 Å². The predicted octanol–water partition coefficient (Wildman–Crippen LogP) is -3.38. The number of carboxylic acid groups (broad SMARTS) is 1. The molecule has 1 aliphatic carbocycles. The molecule has 0 spiro atoms. The molecule has 19 nitrogen and oxygen atoms in total.